The van der Waals surface area contributed by atoms with E-state index in [9.17, 15) is 17.6 Å². The maximum Gasteiger partial charge on any atom is 0.243 e. The van der Waals surface area contributed by atoms with Crippen LogP contribution in [0.1, 0.15) is 24.8 Å². The second-order valence-electron chi connectivity index (χ2n) is 6.25. The van der Waals surface area contributed by atoms with Crippen LogP contribution in [0.2, 0.25) is 0 Å². The summed E-state index contributed by atoms with van der Waals surface area (Å²) in [7, 11) is -3.75. The van der Waals surface area contributed by atoms with Crippen molar-refractivity contribution < 1.29 is 17.6 Å². The molecule has 2 aromatic rings. The first kappa shape index (κ1) is 18.5. The van der Waals surface area contributed by atoms with Crippen LogP contribution in [0.15, 0.2) is 59.5 Å². The van der Waals surface area contributed by atoms with E-state index in [-0.39, 0.29) is 11.4 Å². The quantitative estimate of drug-likeness (QED) is 0.873. The monoisotopic (exact) mass is 376 g/mol. The lowest BCUT2D eigenvalue weighted by molar-refractivity contribution is -0.125. The van der Waals surface area contributed by atoms with Gasteiger partial charge in [0, 0.05) is 18.7 Å². The number of nitrogens with one attached hydrogen (secondary N) is 1. The lowest BCUT2D eigenvalue weighted by Crippen LogP contribution is -2.51. The lowest BCUT2D eigenvalue weighted by atomic mass is 10.0. The lowest BCUT2D eigenvalue weighted by Gasteiger charge is -2.33. The maximum atomic E-state index is 13.7. The number of sulfonamides is 1. The average Bonchev–Trinajstić information content (AvgIpc) is 2.68. The number of amides is 1. The summed E-state index contributed by atoms with van der Waals surface area (Å²) >= 11 is 0. The molecule has 0 radical (unpaired) electrons. The van der Waals surface area contributed by atoms with Gasteiger partial charge in [-0.25, -0.2) is 12.8 Å². The van der Waals surface area contributed by atoms with Gasteiger partial charge in [0.15, 0.2) is 0 Å². The van der Waals surface area contributed by atoms with E-state index in [1.165, 1.54) is 22.5 Å². The molecule has 2 aromatic carbocycles. The highest BCUT2D eigenvalue weighted by Gasteiger charge is 2.37. The number of hydrogen-bond acceptors (Lipinski definition) is 3. The summed E-state index contributed by atoms with van der Waals surface area (Å²) in [5.41, 5.74) is 0.370. The molecule has 1 fully saturated rings. The number of nitrogens with zero attached hydrogens (tertiary/aromatic N) is 1. The Morgan fingerprint density at radius 2 is 1.77 bits per heavy atom. The number of benzene rings is 2. The first-order valence-corrected chi connectivity index (χ1v) is 10.0. The van der Waals surface area contributed by atoms with Gasteiger partial charge in [-0.15, -0.1) is 0 Å². The highest BCUT2D eigenvalue weighted by Crippen LogP contribution is 2.25. The molecule has 0 aliphatic carbocycles. The van der Waals surface area contributed by atoms with Gasteiger partial charge in [0.2, 0.25) is 15.9 Å². The van der Waals surface area contributed by atoms with Crippen LogP contribution in [-0.4, -0.2) is 31.2 Å². The summed E-state index contributed by atoms with van der Waals surface area (Å²) in [6.07, 6.45) is 1.94. The first-order valence-electron chi connectivity index (χ1n) is 8.58. The standard InChI is InChI=1S/C19H21FN2O3S/c20-17-11-5-4-8-15(17)14-21-19(23)18-12-6-7-13-22(18)26(24,25)16-9-2-1-3-10-16/h1-5,8-11,18H,6-7,12-14H2,(H,21,23). The molecule has 1 atom stereocenters. The number of carbonyl (C=O) groups excluding carboxylic acids is 1. The molecule has 26 heavy (non-hydrogen) atoms. The number of carbonyl (C=O) groups is 1. The van der Waals surface area contributed by atoms with Crippen LogP contribution >= 0.6 is 0 Å². The molecule has 1 amide bonds. The Labute approximate surface area is 152 Å². The average molecular weight is 376 g/mol. The Hall–Kier alpha value is -2.25. The Bertz CT molecular complexity index is 871. The van der Waals surface area contributed by atoms with E-state index < -0.39 is 27.8 Å². The van der Waals surface area contributed by atoms with Crippen LogP contribution in [0.4, 0.5) is 4.39 Å². The fourth-order valence-electron chi connectivity index (χ4n) is 3.12. The maximum absolute atomic E-state index is 13.7. The van der Waals surface area contributed by atoms with Gasteiger partial charge in [-0.3, -0.25) is 4.79 Å². The van der Waals surface area contributed by atoms with Gasteiger partial charge in [0.25, 0.3) is 0 Å². The molecule has 0 saturated carbocycles. The third-order valence-electron chi connectivity index (χ3n) is 4.52. The molecule has 5 nitrogen and oxygen atoms in total. The van der Waals surface area contributed by atoms with Gasteiger partial charge >= 0.3 is 0 Å². The van der Waals surface area contributed by atoms with Crippen molar-refractivity contribution in [1.29, 1.82) is 0 Å². The Morgan fingerprint density at radius 3 is 2.50 bits per heavy atom. The first-order chi connectivity index (χ1) is 12.5. The summed E-state index contributed by atoms with van der Waals surface area (Å²) in [6, 6.07) is 13.5. The summed E-state index contributed by atoms with van der Waals surface area (Å²) in [4.78, 5) is 12.8. The predicted molar refractivity (Wildman–Crippen MR) is 96.2 cm³/mol. The third-order valence-corrected chi connectivity index (χ3v) is 6.44. The molecule has 3 rings (SSSR count). The van der Waals surface area contributed by atoms with E-state index in [4.69, 9.17) is 0 Å². The van der Waals surface area contributed by atoms with Gasteiger partial charge in [0.05, 0.1) is 4.90 Å². The number of halogens is 1. The third kappa shape index (κ3) is 3.94. The Kier molecular flexibility index (Phi) is 5.68. The van der Waals surface area contributed by atoms with E-state index in [0.717, 1.165) is 6.42 Å². The van der Waals surface area contributed by atoms with Crippen LogP contribution in [0.5, 0.6) is 0 Å². The number of rotatable bonds is 5. The van der Waals surface area contributed by atoms with Crippen molar-refractivity contribution in [3.63, 3.8) is 0 Å². The predicted octanol–water partition coefficient (Wildman–Crippen LogP) is 2.69. The van der Waals surface area contributed by atoms with Crippen LogP contribution in [0.3, 0.4) is 0 Å². The van der Waals surface area contributed by atoms with Crippen molar-refractivity contribution in [2.24, 2.45) is 0 Å². The molecule has 138 valence electrons. The number of piperidine rings is 1. The van der Waals surface area contributed by atoms with Crippen molar-refractivity contribution in [3.8, 4) is 0 Å². The van der Waals surface area contributed by atoms with Crippen LogP contribution in [0.25, 0.3) is 0 Å². The van der Waals surface area contributed by atoms with Crippen molar-refractivity contribution in [2.45, 2.75) is 36.7 Å². The minimum absolute atomic E-state index is 0.0290. The molecular weight excluding hydrogens is 355 g/mol. The zero-order valence-electron chi connectivity index (χ0n) is 14.3. The zero-order valence-corrected chi connectivity index (χ0v) is 15.1. The van der Waals surface area contributed by atoms with Gasteiger partial charge in [0.1, 0.15) is 11.9 Å². The minimum atomic E-state index is -3.75. The molecule has 1 N–H and O–H groups in total. The van der Waals surface area contributed by atoms with E-state index in [1.54, 1.807) is 36.4 Å². The second kappa shape index (κ2) is 7.97. The zero-order chi connectivity index (χ0) is 18.6. The van der Waals surface area contributed by atoms with Gasteiger partial charge in [-0.05, 0) is 31.0 Å². The molecule has 1 aliphatic heterocycles. The van der Waals surface area contributed by atoms with Crippen LogP contribution in [-0.2, 0) is 21.4 Å². The highest BCUT2D eigenvalue weighted by atomic mass is 32.2. The highest BCUT2D eigenvalue weighted by molar-refractivity contribution is 7.89. The largest absolute Gasteiger partial charge is 0.351 e. The Balaban J connectivity index is 1.76. The molecule has 1 saturated heterocycles. The summed E-state index contributed by atoms with van der Waals surface area (Å²) < 4.78 is 40.8. The fraction of sp³-hybridized carbons (Fsp3) is 0.316. The Morgan fingerprint density at radius 1 is 1.08 bits per heavy atom. The van der Waals surface area contributed by atoms with E-state index in [1.807, 2.05) is 0 Å². The molecule has 1 unspecified atom stereocenters. The smallest absolute Gasteiger partial charge is 0.243 e. The molecule has 0 aromatic heterocycles. The molecule has 1 heterocycles. The van der Waals surface area contributed by atoms with Crippen molar-refractivity contribution in [2.75, 3.05) is 6.54 Å². The van der Waals surface area contributed by atoms with Gasteiger partial charge in [-0.1, -0.05) is 42.8 Å². The fourth-order valence-corrected chi connectivity index (χ4v) is 4.80. The molecule has 1 aliphatic rings. The SMILES string of the molecule is O=C(NCc1ccccc1F)C1CCCCN1S(=O)(=O)c1ccccc1. The van der Waals surface area contributed by atoms with E-state index in [2.05, 4.69) is 5.32 Å². The summed E-state index contributed by atoms with van der Waals surface area (Å²) in [6.45, 7) is 0.330. The van der Waals surface area contributed by atoms with Crippen LogP contribution in [0, 0.1) is 5.82 Å². The number of hydrogen-bond donors (Lipinski definition) is 1. The second-order valence-corrected chi connectivity index (χ2v) is 8.14. The minimum Gasteiger partial charge on any atom is -0.351 e. The van der Waals surface area contributed by atoms with Crippen molar-refractivity contribution in [1.82, 2.24) is 9.62 Å². The molecule has 0 bridgehead atoms. The van der Waals surface area contributed by atoms with Crippen LogP contribution < -0.4 is 5.32 Å². The summed E-state index contributed by atoms with van der Waals surface area (Å²) in [5, 5.41) is 2.68. The van der Waals surface area contributed by atoms with Crippen molar-refractivity contribution >= 4 is 15.9 Å². The molecule has 7 heteroatoms. The molecular formula is C19H21FN2O3S. The topological polar surface area (TPSA) is 66.5 Å². The van der Waals surface area contributed by atoms with Crippen molar-refractivity contribution in [3.05, 3.63) is 66.0 Å². The normalized spacial score (nSPS) is 18.4. The van der Waals surface area contributed by atoms with Gasteiger partial charge < -0.3 is 5.32 Å². The van der Waals surface area contributed by atoms with Gasteiger partial charge in [-0.2, -0.15) is 4.31 Å². The molecule has 0 spiro atoms. The van der Waals surface area contributed by atoms with E-state index >= 15 is 0 Å². The summed E-state index contributed by atoms with van der Waals surface area (Å²) in [5.74, 6) is -0.794. The van der Waals surface area contributed by atoms with E-state index in [0.29, 0.717) is 24.9 Å².